The SMILES string of the molecule is Cn1nccc1CCC1=CC(Cl)CC1. The Labute approximate surface area is 89.6 Å². The van der Waals surface area contributed by atoms with Crippen LogP contribution in [0, 0.1) is 0 Å². The molecule has 0 radical (unpaired) electrons. The van der Waals surface area contributed by atoms with Crippen LogP contribution in [-0.4, -0.2) is 15.2 Å². The summed E-state index contributed by atoms with van der Waals surface area (Å²) in [7, 11) is 1.99. The molecule has 2 nitrogen and oxygen atoms in total. The van der Waals surface area contributed by atoms with E-state index in [1.165, 1.54) is 17.7 Å². The minimum absolute atomic E-state index is 0.275. The van der Waals surface area contributed by atoms with Crippen LogP contribution in [-0.2, 0) is 13.5 Å². The molecule has 3 heteroatoms. The summed E-state index contributed by atoms with van der Waals surface area (Å²) in [5.41, 5.74) is 2.80. The van der Waals surface area contributed by atoms with Crippen molar-refractivity contribution in [3.05, 3.63) is 29.6 Å². The minimum Gasteiger partial charge on any atom is -0.273 e. The lowest BCUT2D eigenvalue weighted by Crippen LogP contribution is -1.98. The molecule has 2 rings (SSSR count). The van der Waals surface area contributed by atoms with Crippen molar-refractivity contribution in [2.24, 2.45) is 7.05 Å². The van der Waals surface area contributed by atoms with E-state index in [2.05, 4.69) is 17.2 Å². The van der Waals surface area contributed by atoms with Gasteiger partial charge in [-0.15, -0.1) is 11.6 Å². The van der Waals surface area contributed by atoms with E-state index in [1.807, 2.05) is 17.9 Å². The maximum absolute atomic E-state index is 6.00. The monoisotopic (exact) mass is 210 g/mol. The summed E-state index contributed by atoms with van der Waals surface area (Å²) < 4.78 is 1.94. The molecule has 1 unspecified atom stereocenters. The number of allylic oxidation sites excluding steroid dienone is 2. The molecule has 0 N–H and O–H groups in total. The van der Waals surface area contributed by atoms with Gasteiger partial charge in [-0.2, -0.15) is 5.10 Å². The molecule has 0 aromatic carbocycles. The van der Waals surface area contributed by atoms with Gasteiger partial charge >= 0.3 is 0 Å². The topological polar surface area (TPSA) is 17.8 Å². The minimum atomic E-state index is 0.275. The van der Waals surface area contributed by atoms with Gasteiger partial charge in [-0.05, 0) is 31.7 Å². The van der Waals surface area contributed by atoms with Crippen LogP contribution < -0.4 is 0 Å². The summed E-state index contributed by atoms with van der Waals surface area (Å²) in [4.78, 5) is 0. The highest BCUT2D eigenvalue weighted by Gasteiger charge is 2.12. The van der Waals surface area contributed by atoms with Gasteiger partial charge in [-0.3, -0.25) is 4.68 Å². The van der Waals surface area contributed by atoms with Crippen molar-refractivity contribution < 1.29 is 0 Å². The Kier molecular flexibility index (Phi) is 2.92. The molecule has 0 saturated carbocycles. The van der Waals surface area contributed by atoms with Gasteiger partial charge in [-0.25, -0.2) is 0 Å². The molecule has 1 aromatic rings. The highest BCUT2D eigenvalue weighted by molar-refractivity contribution is 6.22. The third-order valence-electron chi connectivity index (χ3n) is 2.78. The van der Waals surface area contributed by atoms with Crippen molar-refractivity contribution in [1.29, 1.82) is 0 Å². The number of alkyl halides is 1. The predicted molar refractivity (Wildman–Crippen MR) is 58.5 cm³/mol. The second-order valence-corrected chi connectivity index (χ2v) is 4.39. The molecule has 1 aliphatic carbocycles. The number of hydrogen-bond acceptors (Lipinski definition) is 1. The quantitative estimate of drug-likeness (QED) is 0.554. The summed E-state index contributed by atoms with van der Waals surface area (Å²) in [5.74, 6) is 0. The molecule has 0 fully saturated rings. The zero-order valence-corrected chi connectivity index (χ0v) is 9.17. The molecule has 1 aromatic heterocycles. The third-order valence-corrected chi connectivity index (χ3v) is 3.13. The van der Waals surface area contributed by atoms with Gasteiger partial charge in [0.1, 0.15) is 0 Å². The van der Waals surface area contributed by atoms with E-state index in [-0.39, 0.29) is 5.38 Å². The largest absolute Gasteiger partial charge is 0.273 e. The Hall–Kier alpha value is -0.760. The highest BCUT2D eigenvalue weighted by atomic mass is 35.5. The Morgan fingerprint density at radius 1 is 1.57 bits per heavy atom. The van der Waals surface area contributed by atoms with E-state index in [1.54, 1.807) is 0 Å². The highest BCUT2D eigenvalue weighted by Crippen LogP contribution is 2.25. The Balaban J connectivity index is 1.89. The fraction of sp³-hybridized carbons (Fsp3) is 0.545. The first kappa shape index (κ1) is 9.78. The van der Waals surface area contributed by atoms with E-state index in [0.29, 0.717) is 0 Å². The molecular weight excluding hydrogens is 196 g/mol. The van der Waals surface area contributed by atoms with Gasteiger partial charge in [0.25, 0.3) is 0 Å². The number of aryl methyl sites for hydroxylation is 2. The molecule has 14 heavy (non-hydrogen) atoms. The average Bonchev–Trinajstić information content (AvgIpc) is 2.72. The zero-order chi connectivity index (χ0) is 9.97. The lowest BCUT2D eigenvalue weighted by Gasteiger charge is -2.02. The normalized spacial score (nSPS) is 21.3. The van der Waals surface area contributed by atoms with Gasteiger partial charge in [-0.1, -0.05) is 11.6 Å². The number of hydrogen-bond donors (Lipinski definition) is 0. The van der Waals surface area contributed by atoms with Crippen LogP contribution in [0.2, 0.25) is 0 Å². The van der Waals surface area contributed by atoms with Crippen molar-refractivity contribution in [1.82, 2.24) is 9.78 Å². The third kappa shape index (κ3) is 2.18. The maximum Gasteiger partial charge on any atom is 0.0521 e. The number of halogens is 1. The maximum atomic E-state index is 6.00. The Bertz CT molecular complexity index is 341. The van der Waals surface area contributed by atoms with Gasteiger partial charge < -0.3 is 0 Å². The lowest BCUT2D eigenvalue weighted by atomic mass is 10.1. The van der Waals surface area contributed by atoms with Crippen LogP contribution in [0.25, 0.3) is 0 Å². The van der Waals surface area contributed by atoms with Crippen LogP contribution in [0.1, 0.15) is 25.0 Å². The Morgan fingerprint density at radius 3 is 3.00 bits per heavy atom. The van der Waals surface area contributed by atoms with Crippen molar-refractivity contribution in [3.8, 4) is 0 Å². The first-order valence-electron chi connectivity index (χ1n) is 5.06. The van der Waals surface area contributed by atoms with Crippen molar-refractivity contribution in [2.45, 2.75) is 31.1 Å². The summed E-state index contributed by atoms with van der Waals surface area (Å²) in [5, 5.41) is 4.42. The second-order valence-electron chi connectivity index (χ2n) is 3.83. The second kappa shape index (κ2) is 4.18. The number of nitrogens with zero attached hydrogens (tertiary/aromatic N) is 2. The van der Waals surface area contributed by atoms with E-state index >= 15 is 0 Å². The van der Waals surface area contributed by atoms with E-state index in [4.69, 9.17) is 11.6 Å². The molecule has 1 heterocycles. The van der Waals surface area contributed by atoms with Crippen LogP contribution in [0.5, 0.6) is 0 Å². The molecule has 0 saturated heterocycles. The standard InChI is InChI=1S/C11H15ClN2/c1-14-11(6-7-13-14)5-3-9-2-4-10(12)8-9/h6-8,10H,2-5H2,1H3. The summed E-state index contributed by atoms with van der Waals surface area (Å²) in [6.07, 6.45) is 8.55. The molecule has 1 atom stereocenters. The molecule has 76 valence electrons. The first-order chi connectivity index (χ1) is 6.75. The molecule has 0 spiro atoms. The fourth-order valence-electron chi connectivity index (χ4n) is 1.89. The van der Waals surface area contributed by atoms with Crippen LogP contribution >= 0.6 is 11.6 Å². The first-order valence-corrected chi connectivity index (χ1v) is 5.50. The van der Waals surface area contributed by atoms with E-state index < -0.39 is 0 Å². The lowest BCUT2D eigenvalue weighted by molar-refractivity contribution is 0.697. The molecular formula is C11H15ClN2. The molecule has 0 aliphatic heterocycles. The van der Waals surface area contributed by atoms with E-state index in [0.717, 1.165) is 19.3 Å². The summed E-state index contributed by atoms with van der Waals surface area (Å²) in [6.45, 7) is 0. The predicted octanol–water partition coefficient (Wildman–Crippen LogP) is 2.68. The van der Waals surface area contributed by atoms with Crippen molar-refractivity contribution >= 4 is 11.6 Å². The average molecular weight is 211 g/mol. The van der Waals surface area contributed by atoms with Gasteiger partial charge in [0, 0.05) is 18.9 Å². The summed E-state index contributed by atoms with van der Waals surface area (Å²) in [6, 6.07) is 2.08. The summed E-state index contributed by atoms with van der Waals surface area (Å²) >= 11 is 6.00. The van der Waals surface area contributed by atoms with Crippen LogP contribution in [0.15, 0.2) is 23.9 Å². The smallest absolute Gasteiger partial charge is 0.0521 e. The van der Waals surface area contributed by atoms with Crippen molar-refractivity contribution in [2.75, 3.05) is 0 Å². The number of rotatable bonds is 3. The Morgan fingerprint density at radius 2 is 2.43 bits per heavy atom. The van der Waals surface area contributed by atoms with Gasteiger partial charge in [0.15, 0.2) is 0 Å². The van der Waals surface area contributed by atoms with E-state index in [9.17, 15) is 0 Å². The van der Waals surface area contributed by atoms with Crippen LogP contribution in [0.3, 0.4) is 0 Å². The molecule has 0 bridgehead atoms. The van der Waals surface area contributed by atoms with Crippen LogP contribution in [0.4, 0.5) is 0 Å². The number of aromatic nitrogens is 2. The molecule has 1 aliphatic rings. The fourth-order valence-corrected chi connectivity index (χ4v) is 2.18. The van der Waals surface area contributed by atoms with Crippen molar-refractivity contribution in [3.63, 3.8) is 0 Å². The zero-order valence-electron chi connectivity index (χ0n) is 8.41. The van der Waals surface area contributed by atoms with Gasteiger partial charge in [0.2, 0.25) is 0 Å². The van der Waals surface area contributed by atoms with Gasteiger partial charge in [0.05, 0.1) is 5.38 Å². The molecule has 0 amide bonds.